The normalized spacial score (nSPS) is 18.2. The molecular formula is C25H38N4O2S. The van der Waals surface area contributed by atoms with Crippen LogP contribution in [0, 0.1) is 25.7 Å². The molecule has 0 unspecified atom stereocenters. The third-order valence-electron chi connectivity index (χ3n) is 7.37. The number of rotatable bonds is 9. The first-order chi connectivity index (χ1) is 15.3. The minimum atomic E-state index is -3.61. The Hall–Kier alpha value is -1.86. The second kappa shape index (κ2) is 9.56. The Morgan fingerprint density at radius 1 is 1.03 bits per heavy atom. The van der Waals surface area contributed by atoms with Crippen LogP contribution in [0.3, 0.4) is 0 Å². The van der Waals surface area contributed by atoms with Crippen LogP contribution in [0.4, 0.5) is 5.69 Å². The van der Waals surface area contributed by atoms with Gasteiger partial charge in [0.15, 0.2) is 0 Å². The summed E-state index contributed by atoms with van der Waals surface area (Å²) in [7, 11) is -0.173. The highest BCUT2D eigenvalue weighted by molar-refractivity contribution is 7.92. The van der Waals surface area contributed by atoms with E-state index < -0.39 is 10.0 Å². The van der Waals surface area contributed by atoms with Crippen molar-refractivity contribution >= 4 is 15.7 Å². The number of hydrogen-bond donors (Lipinski definition) is 0. The Morgan fingerprint density at radius 2 is 1.69 bits per heavy atom. The van der Waals surface area contributed by atoms with Crippen LogP contribution >= 0.6 is 0 Å². The van der Waals surface area contributed by atoms with Crippen molar-refractivity contribution in [3.05, 3.63) is 41.2 Å². The summed E-state index contributed by atoms with van der Waals surface area (Å²) >= 11 is 0. The van der Waals surface area contributed by atoms with Crippen LogP contribution in [0.1, 0.15) is 55.5 Å². The van der Waals surface area contributed by atoms with Crippen molar-refractivity contribution in [2.24, 2.45) is 18.9 Å². The van der Waals surface area contributed by atoms with Gasteiger partial charge < -0.3 is 4.90 Å². The Labute approximate surface area is 193 Å². The molecule has 0 amide bonds. The number of anilines is 1. The average Bonchev–Trinajstić information content (AvgIpc) is 3.55. The van der Waals surface area contributed by atoms with Crippen molar-refractivity contribution in [3.63, 3.8) is 0 Å². The summed E-state index contributed by atoms with van der Waals surface area (Å²) in [5.74, 6) is 1.85. The standard InChI is InChI=1S/C25H38N4O2S/c1-19-25(20(2)27(3)26-19)28(4)32(30,31)24-12-10-21(11-13-24)6-5-7-22-14-16-29(17-15-22)18-23-8-9-23/h10-13,22-23H,5-9,14-18H2,1-4H3. The van der Waals surface area contributed by atoms with Gasteiger partial charge in [-0.1, -0.05) is 18.6 Å². The van der Waals surface area contributed by atoms with Gasteiger partial charge in [-0.3, -0.25) is 8.99 Å². The zero-order valence-corrected chi connectivity index (χ0v) is 20.9. The van der Waals surface area contributed by atoms with E-state index in [0.717, 1.165) is 24.0 Å². The minimum absolute atomic E-state index is 0.328. The summed E-state index contributed by atoms with van der Waals surface area (Å²) < 4.78 is 29.4. The lowest BCUT2D eigenvalue weighted by Gasteiger charge is -2.32. The molecule has 32 heavy (non-hydrogen) atoms. The highest BCUT2D eigenvalue weighted by atomic mass is 32.2. The number of sulfonamides is 1. The molecule has 1 aromatic carbocycles. The first kappa shape index (κ1) is 23.3. The highest BCUT2D eigenvalue weighted by Crippen LogP contribution is 2.32. The van der Waals surface area contributed by atoms with Gasteiger partial charge in [-0.25, -0.2) is 8.42 Å². The molecular weight excluding hydrogens is 420 g/mol. The Morgan fingerprint density at radius 3 is 2.25 bits per heavy atom. The van der Waals surface area contributed by atoms with E-state index in [2.05, 4.69) is 10.00 Å². The highest BCUT2D eigenvalue weighted by Gasteiger charge is 2.27. The zero-order valence-electron chi connectivity index (χ0n) is 20.0. The maximum Gasteiger partial charge on any atom is 0.264 e. The molecule has 2 heterocycles. The number of piperidine rings is 1. The molecule has 4 rings (SSSR count). The van der Waals surface area contributed by atoms with Gasteiger partial charge in [-0.15, -0.1) is 0 Å². The molecule has 1 aliphatic heterocycles. The van der Waals surface area contributed by atoms with Gasteiger partial charge in [-0.05, 0) is 95.0 Å². The van der Waals surface area contributed by atoms with Gasteiger partial charge in [0.25, 0.3) is 10.0 Å². The Bertz CT molecular complexity index is 1020. The second-order valence-corrected chi connectivity index (χ2v) is 11.8. The Kier molecular flexibility index (Phi) is 6.96. The lowest BCUT2D eigenvalue weighted by Crippen LogP contribution is -2.35. The van der Waals surface area contributed by atoms with Gasteiger partial charge in [0.2, 0.25) is 0 Å². The molecule has 2 aromatic rings. The molecule has 0 radical (unpaired) electrons. The first-order valence-corrected chi connectivity index (χ1v) is 13.5. The molecule has 2 aliphatic rings. The van der Waals surface area contributed by atoms with Gasteiger partial charge in [0.05, 0.1) is 22.0 Å². The van der Waals surface area contributed by atoms with E-state index in [1.807, 2.05) is 33.0 Å². The quantitative estimate of drug-likeness (QED) is 0.562. The largest absolute Gasteiger partial charge is 0.303 e. The number of benzene rings is 1. The lowest BCUT2D eigenvalue weighted by atomic mass is 9.90. The van der Waals surface area contributed by atoms with E-state index >= 15 is 0 Å². The van der Waals surface area contributed by atoms with Crippen molar-refractivity contribution < 1.29 is 8.42 Å². The van der Waals surface area contributed by atoms with Crippen LogP contribution in [0.2, 0.25) is 0 Å². The van der Waals surface area contributed by atoms with Crippen LogP contribution in [0.5, 0.6) is 0 Å². The van der Waals surface area contributed by atoms with Crippen molar-refractivity contribution in [2.45, 2.75) is 63.7 Å². The molecule has 0 N–H and O–H groups in total. The number of aryl methyl sites for hydroxylation is 3. The van der Waals surface area contributed by atoms with E-state index in [-0.39, 0.29) is 0 Å². The molecule has 6 nitrogen and oxygen atoms in total. The molecule has 0 bridgehead atoms. The van der Waals surface area contributed by atoms with Gasteiger partial charge >= 0.3 is 0 Å². The van der Waals surface area contributed by atoms with E-state index in [1.54, 1.807) is 23.9 Å². The molecule has 7 heteroatoms. The smallest absolute Gasteiger partial charge is 0.264 e. The van der Waals surface area contributed by atoms with E-state index in [4.69, 9.17) is 0 Å². The molecule has 1 saturated heterocycles. The van der Waals surface area contributed by atoms with Crippen LogP contribution < -0.4 is 4.31 Å². The lowest BCUT2D eigenvalue weighted by molar-refractivity contribution is 0.172. The third kappa shape index (κ3) is 5.20. The molecule has 2 fully saturated rings. The zero-order chi connectivity index (χ0) is 22.9. The van der Waals surface area contributed by atoms with Crippen molar-refractivity contribution in [1.82, 2.24) is 14.7 Å². The maximum absolute atomic E-state index is 13.2. The summed E-state index contributed by atoms with van der Waals surface area (Å²) in [6.45, 7) is 7.61. The molecule has 1 aliphatic carbocycles. The molecule has 0 spiro atoms. The van der Waals surface area contributed by atoms with Crippen molar-refractivity contribution in [3.8, 4) is 0 Å². The maximum atomic E-state index is 13.2. The number of nitrogens with zero attached hydrogens (tertiary/aromatic N) is 4. The fourth-order valence-electron chi connectivity index (χ4n) is 5.04. The second-order valence-electron chi connectivity index (χ2n) is 9.84. The van der Waals surface area contributed by atoms with E-state index in [9.17, 15) is 8.42 Å². The summed E-state index contributed by atoms with van der Waals surface area (Å²) in [6.07, 6.45) is 9.02. The SMILES string of the molecule is Cc1nn(C)c(C)c1N(C)S(=O)(=O)c1ccc(CCCC2CCN(CC3CC3)CC2)cc1. The van der Waals surface area contributed by atoms with Crippen molar-refractivity contribution in [1.29, 1.82) is 0 Å². The monoisotopic (exact) mass is 458 g/mol. The molecule has 176 valence electrons. The fourth-order valence-corrected chi connectivity index (χ4v) is 6.34. The fraction of sp³-hybridized carbons (Fsp3) is 0.640. The summed E-state index contributed by atoms with van der Waals surface area (Å²) in [6, 6.07) is 7.45. The summed E-state index contributed by atoms with van der Waals surface area (Å²) in [5, 5.41) is 4.35. The number of aromatic nitrogens is 2. The van der Waals surface area contributed by atoms with E-state index in [1.165, 1.54) is 68.0 Å². The third-order valence-corrected chi connectivity index (χ3v) is 9.14. The van der Waals surface area contributed by atoms with Crippen LogP contribution in [0.25, 0.3) is 0 Å². The van der Waals surface area contributed by atoms with Gasteiger partial charge in [0, 0.05) is 20.6 Å². The average molecular weight is 459 g/mol. The predicted octanol–water partition coefficient (Wildman–Crippen LogP) is 4.31. The van der Waals surface area contributed by atoms with E-state index in [0.29, 0.717) is 16.3 Å². The summed E-state index contributed by atoms with van der Waals surface area (Å²) in [4.78, 5) is 2.99. The topological polar surface area (TPSA) is 58.4 Å². The van der Waals surface area contributed by atoms with Crippen LogP contribution in [-0.4, -0.2) is 49.8 Å². The first-order valence-electron chi connectivity index (χ1n) is 12.1. The van der Waals surface area contributed by atoms with Crippen LogP contribution in [-0.2, 0) is 23.5 Å². The molecule has 1 aromatic heterocycles. The Balaban J connectivity index is 1.29. The minimum Gasteiger partial charge on any atom is -0.303 e. The molecule has 1 saturated carbocycles. The van der Waals surface area contributed by atoms with Crippen LogP contribution in [0.15, 0.2) is 29.2 Å². The summed E-state index contributed by atoms with van der Waals surface area (Å²) in [5.41, 5.74) is 3.42. The molecule has 0 atom stereocenters. The van der Waals surface area contributed by atoms with Gasteiger partial charge in [0.1, 0.15) is 0 Å². The predicted molar refractivity (Wildman–Crippen MR) is 130 cm³/mol. The van der Waals surface area contributed by atoms with Gasteiger partial charge in [-0.2, -0.15) is 5.10 Å². The van der Waals surface area contributed by atoms with Crippen molar-refractivity contribution in [2.75, 3.05) is 31.0 Å². The number of likely N-dealkylation sites (tertiary alicyclic amines) is 1. The number of hydrogen-bond acceptors (Lipinski definition) is 4.